The highest BCUT2D eigenvalue weighted by Crippen LogP contribution is 2.25. The lowest BCUT2D eigenvalue weighted by molar-refractivity contribution is 0.436. The zero-order chi connectivity index (χ0) is 9.14. The lowest BCUT2D eigenvalue weighted by Gasteiger charge is -2.09. The van der Waals surface area contributed by atoms with Crippen LogP contribution in [0.3, 0.4) is 0 Å². The second-order valence-corrected chi connectivity index (χ2v) is 3.72. The molecule has 1 aromatic carbocycles. The van der Waals surface area contributed by atoms with Gasteiger partial charge in [-0.1, -0.05) is 33.6 Å². The van der Waals surface area contributed by atoms with Gasteiger partial charge in [-0.2, -0.15) is 0 Å². The number of benzene rings is 1. The first kappa shape index (κ1) is 9.96. The second kappa shape index (κ2) is 4.21. The average molecular weight is 253 g/mol. The number of alkyl halides is 1. The van der Waals surface area contributed by atoms with Crippen LogP contribution in [0.4, 0.5) is 4.39 Å². The molecule has 0 heterocycles. The maximum absolute atomic E-state index is 12.2. The Hall–Kier alpha value is -0.120. The molecule has 1 nitrogen and oxygen atoms in total. The molecule has 2 N–H and O–H groups in total. The minimum Gasteiger partial charge on any atom is -0.322 e. The minimum atomic E-state index is -0.573. The number of hydrogen-bond acceptors (Lipinski definition) is 1. The molecule has 0 aliphatic carbocycles. The van der Waals surface area contributed by atoms with E-state index in [2.05, 4.69) is 15.9 Å². The fourth-order valence-corrected chi connectivity index (χ4v) is 1.86. The monoisotopic (exact) mass is 251 g/mol. The zero-order valence-corrected chi connectivity index (χ0v) is 8.57. The van der Waals surface area contributed by atoms with E-state index in [0.29, 0.717) is 5.02 Å². The van der Waals surface area contributed by atoms with Crippen molar-refractivity contribution in [2.75, 3.05) is 6.67 Å². The van der Waals surface area contributed by atoms with Crippen molar-refractivity contribution in [1.82, 2.24) is 0 Å². The lowest BCUT2D eigenvalue weighted by atomic mass is 10.1. The molecule has 0 radical (unpaired) electrons. The predicted octanol–water partition coefficient (Wildman–Crippen LogP) is 3.07. The topological polar surface area (TPSA) is 26.0 Å². The van der Waals surface area contributed by atoms with Crippen LogP contribution in [0.5, 0.6) is 0 Å². The van der Waals surface area contributed by atoms with Gasteiger partial charge in [0.25, 0.3) is 0 Å². The second-order valence-electron chi connectivity index (χ2n) is 2.43. The van der Waals surface area contributed by atoms with Gasteiger partial charge in [-0.25, -0.2) is 4.39 Å². The third-order valence-electron chi connectivity index (χ3n) is 1.53. The van der Waals surface area contributed by atoms with Gasteiger partial charge in [0.15, 0.2) is 0 Å². The number of rotatable bonds is 2. The summed E-state index contributed by atoms with van der Waals surface area (Å²) in [5.41, 5.74) is 6.23. The standard InChI is InChI=1S/C8H8BrClFN/c9-7-3-5(10)1-2-6(7)8(12)4-11/h1-3,8H,4,12H2/t8-/m1/s1. The van der Waals surface area contributed by atoms with Crippen molar-refractivity contribution < 1.29 is 4.39 Å². The normalized spacial score (nSPS) is 13.0. The molecule has 0 saturated carbocycles. The van der Waals surface area contributed by atoms with E-state index in [1.807, 2.05) is 0 Å². The number of halogens is 3. The molecule has 0 aromatic heterocycles. The Balaban J connectivity index is 3.01. The van der Waals surface area contributed by atoms with E-state index in [9.17, 15) is 4.39 Å². The van der Waals surface area contributed by atoms with Crippen molar-refractivity contribution >= 4 is 27.5 Å². The Morgan fingerprint density at radius 2 is 2.25 bits per heavy atom. The summed E-state index contributed by atoms with van der Waals surface area (Å²) >= 11 is 8.96. The maximum Gasteiger partial charge on any atom is 0.109 e. The van der Waals surface area contributed by atoms with E-state index in [1.54, 1.807) is 18.2 Å². The summed E-state index contributed by atoms with van der Waals surface area (Å²) in [6.07, 6.45) is 0. The summed E-state index contributed by atoms with van der Waals surface area (Å²) < 4.78 is 12.9. The minimum absolute atomic E-state index is 0.569. The predicted molar refractivity (Wildman–Crippen MR) is 52.1 cm³/mol. The molecule has 0 fully saturated rings. The first-order valence-electron chi connectivity index (χ1n) is 3.41. The molecule has 66 valence electrons. The molecule has 0 unspecified atom stereocenters. The summed E-state index contributed by atoms with van der Waals surface area (Å²) in [6.45, 7) is -0.569. The van der Waals surface area contributed by atoms with E-state index >= 15 is 0 Å². The number of nitrogens with two attached hydrogens (primary N) is 1. The highest BCUT2D eigenvalue weighted by atomic mass is 79.9. The molecule has 0 aliphatic heterocycles. The summed E-state index contributed by atoms with van der Waals surface area (Å²) in [6, 6.07) is 4.54. The van der Waals surface area contributed by atoms with Crippen LogP contribution in [0.25, 0.3) is 0 Å². The molecule has 1 aromatic rings. The molecule has 0 saturated heterocycles. The van der Waals surface area contributed by atoms with Gasteiger partial charge in [0.1, 0.15) is 6.67 Å². The van der Waals surface area contributed by atoms with Gasteiger partial charge in [-0.05, 0) is 17.7 Å². The molecule has 1 atom stereocenters. The largest absolute Gasteiger partial charge is 0.322 e. The van der Waals surface area contributed by atoms with Crippen molar-refractivity contribution in [3.8, 4) is 0 Å². The Kier molecular flexibility index (Phi) is 3.50. The Morgan fingerprint density at radius 3 is 2.75 bits per heavy atom. The van der Waals surface area contributed by atoms with Gasteiger partial charge in [-0.15, -0.1) is 0 Å². The van der Waals surface area contributed by atoms with Crippen LogP contribution >= 0.6 is 27.5 Å². The Morgan fingerprint density at radius 1 is 1.58 bits per heavy atom. The van der Waals surface area contributed by atoms with Crippen LogP contribution in [0.1, 0.15) is 11.6 Å². The van der Waals surface area contributed by atoms with Crippen LogP contribution in [0, 0.1) is 0 Å². The SMILES string of the molecule is N[C@H](CF)c1ccc(Cl)cc1Br. The molecule has 0 spiro atoms. The molecular formula is C8H8BrClFN. The smallest absolute Gasteiger partial charge is 0.109 e. The van der Waals surface area contributed by atoms with Gasteiger partial charge in [0.2, 0.25) is 0 Å². The first-order chi connectivity index (χ1) is 5.65. The zero-order valence-electron chi connectivity index (χ0n) is 6.23. The fraction of sp³-hybridized carbons (Fsp3) is 0.250. The van der Waals surface area contributed by atoms with E-state index < -0.39 is 12.7 Å². The summed E-state index contributed by atoms with van der Waals surface area (Å²) in [4.78, 5) is 0. The van der Waals surface area contributed by atoms with E-state index in [4.69, 9.17) is 17.3 Å². The summed E-state index contributed by atoms with van der Waals surface area (Å²) in [5.74, 6) is 0. The van der Waals surface area contributed by atoms with E-state index in [1.165, 1.54) is 0 Å². The van der Waals surface area contributed by atoms with Crippen LogP contribution in [0.15, 0.2) is 22.7 Å². The highest BCUT2D eigenvalue weighted by molar-refractivity contribution is 9.10. The molecule has 0 bridgehead atoms. The van der Waals surface area contributed by atoms with Crippen molar-refractivity contribution in [2.45, 2.75) is 6.04 Å². The van der Waals surface area contributed by atoms with Gasteiger partial charge >= 0.3 is 0 Å². The number of hydrogen-bond donors (Lipinski definition) is 1. The van der Waals surface area contributed by atoms with Crippen molar-refractivity contribution in [3.63, 3.8) is 0 Å². The molecule has 0 amide bonds. The average Bonchev–Trinajstić information content (AvgIpc) is 2.03. The van der Waals surface area contributed by atoms with Crippen LogP contribution in [-0.2, 0) is 0 Å². The Bertz CT molecular complexity index is 280. The van der Waals surface area contributed by atoms with Crippen LogP contribution < -0.4 is 5.73 Å². The quantitative estimate of drug-likeness (QED) is 0.860. The summed E-state index contributed by atoms with van der Waals surface area (Å²) in [5, 5.41) is 0.608. The molecule has 0 aliphatic rings. The van der Waals surface area contributed by atoms with Crippen LogP contribution in [-0.4, -0.2) is 6.67 Å². The molecule has 1 rings (SSSR count). The van der Waals surface area contributed by atoms with E-state index in [-0.39, 0.29) is 0 Å². The molecule has 12 heavy (non-hydrogen) atoms. The van der Waals surface area contributed by atoms with Gasteiger partial charge < -0.3 is 5.73 Å². The first-order valence-corrected chi connectivity index (χ1v) is 4.58. The summed E-state index contributed by atoms with van der Waals surface area (Å²) in [7, 11) is 0. The third kappa shape index (κ3) is 2.19. The highest BCUT2D eigenvalue weighted by Gasteiger charge is 2.08. The maximum atomic E-state index is 12.2. The third-order valence-corrected chi connectivity index (χ3v) is 2.45. The lowest BCUT2D eigenvalue weighted by Crippen LogP contribution is -2.12. The van der Waals surface area contributed by atoms with Crippen molar-refractivity contribution in [3.05, 3.63) is 33.3 Å². The Labute approximate surface area is 83.8 Å². The fourth-order valence-electron chi connectivity index (χ4n) is 0.885. The van der Waals surface area contributed by atoms with Crippen molar-refractivity contribution in [1.29, 1.82) is 0 Å². The van der Waals surface area contributed by atoms with Crippen molar-refractivity contribution in [2.24, 2.45) is 5.73 Å². The van der Waals surface area contributed by atoms with Gasteiger partial charge in [0.05, 0.1) is 6.04 Å². The molecular weight excluding hydrogens is 244 g/mol. The molecule has 4 heteroatoms. The van der Waals surface area contributed by atoms with Gasteiger partial charge in [-0.3, -0.25) is 0 Å². The van der Waals surface area contributed by atoms with Gasteiger partial charge in [0, 0.05) is 9.50 Å². The van der Waals surface area contributed by atoms with E-state index in [0.717, 1.165) is 10.0 Å². The van der Waals surface area contributed by atoms with Crippen LogP contribution in [0.2, 0.25) is 5.02 Å².